The van der Waals surface area contributed by atoms with Crippen molar-refractivity contribution in [2.75, 3.05) is 22.1 Å². The summed E-state index contributed by atoms with van der Waals surface area (Å²) < 4.78 is 5.79. The van der Waals surface area contributed by atoms with Crippen LogP contribution in [0.5, 0.6) is 5.75 Å². The minimum Gasteiger partial charge on any atom is -0.476 e. The molecule has 0 aromatic heterocycles. The van der Waals surface area contributed by atoms with Gasteiger partial charge in [0, 0.05) is 22.1 Å². The van der Waals surface area contributed by atoms with Crippen molar-refractivity contribution in [1.82, 2.24) is 0 Å². The highest BCUT2D eigenvalue weighted by atomic mass is 35.5. The molecule has 4 rings (SSSR count). The first-order valence-electron chi connectivity index (χ1n) is 9.84. The molecule has 0 aliphatic carbocycles. The first kappa shape index (κ1) is 20.8. The van der Waals surface area contributed by atoms with Crippen molar-refractivity contribution in [3.63, 3.8) is 0 Å². The number of hydrogen-bond donors (Lipinski definition) is 2. The Hall–Kier alpha value is -3.51. The number of nitrogens with one attached hydrogen (secondary N) is 2. The van der Waals surface area contributed by atoms with E-state index in [-0.39, 0.29) is 18.4 Å². The van der Waals surface area contributed by atoms with Crippen LogP contribution in [-0.2, 0) is 9.59 Å². The van der Waals surface area contributed by atoms with E-state index >= 15 is 0 Å². The minimum absolute atomic E-state index is 0.150. The van der Waals surface area contributed by atoms with Crippen LogP contribution in [-0.4, -0.2) is 24.0 Å². The van der Waals surface area contributed by atoms with Gasteiger partial charge in [-0.3, -0.25) is 14.5 Å². The lowest BCUT2D eigenvalue weighted by Crippen LogP contribution is -2.54. The van der Waals surface area contributed by atoms with Crippen molar-refractivity contribution in [3.8, 4) is 5.75 Å². The zero-order chi connectivity index (χ0) is 22.0. The lowest BCUT2D eigenvalue weighted by Gasteiger charge is -2.38. The molecular formula is C24H22ClN3O3. The number of nitrogens with zero attached hydrogens (tertiary/aromatic N) is 1. The first-order valence-corrected chi connectivity index (χ1v) is 10.2. The van der Waals surface area contributed by atoms with Crippen LogP contribution in [0, 0.1) is 0 Å². The number of carbonyl (C=O) groups is 2. The molecule has 1 aliphatic rings. The Bertz CT molecular complexity index is 1110. The van der Waals surface area contributed by atoms with Gasteiger partial charge in [0.25, 0.3) is 5.91 Å². The summed E-state index contributed by atoms with van der Waals surface area (Å²) in [6.45, 7) is 3.20. The van der Waals surface area contributed by atoms with Crippen LogP contribution in [0.2, 0.25) is 5.02 Å². The van der Waals surface area contributed by atoms with Gasteiger partial charge in [-0.2, -0.15) is 0 Å². The Balaban J connectivity index is 1.46. The number of amides is 2. The first-order chi connectivity index (χ1) is 14.8. The minimum atomic E-state index is -1.08. The molecule has 0 unspecified atom stereocenters. The Labute approximate surface area is 185 Å². The molecule has 0 saturated heterocycles. The highest BCUT2D eigenvalue weighted by Crippen LogP contribution is 2.39. The molecule has 1 heterocycles. The molecule has 2 amide bonds. The summed E-state index contributed by atoms with van der Waals surface area (Å²) in [6.07, 6.45) is 0. The van der Waals surface area contributed by atoms with Gasteiger partial charge in [0.2, 0.25) is 5.91 Å². The van der Waals surface area contributed by atoms with Gasteiger partial charge < -0.3 is 15.4 Å². The third kappa shape index (κ3) is 4.64. The highest BCUT2D eigenvalue weighted by molar-refractivity contribution is 6.31. The van der Waals surface area contributed by atoms with E-state index in [0.29, 0.717) is 22.1 Å². The maximum absolute atomic E-state index is 12.9. The van der Waals surface area contributed by atoms with Crippen LogP contribution in [0.4, 0.5) is 22.7 Å². The second-order valence-corrected chi connectivity index (χ2v) is 8.17. The third-order valence-corrected chi connectivity index (χ3v) is 5.11. The van der Waals surface area contributed by atoms with E-state index in [0.717, 1.165) is 11.4 Å². The summed E-state index contributed by atoms with van der Waals surface area (Å²) in [5, 5.41) is 6.59. The Morgan fingerprint density at radius 1 is 0.968 bits per heavy atom. The molecule has 3 aromatic rings. The lowest BCUT2D eigenvalue weighted by atomic mass is 10.0. The van der Waals surface area contributed by atoms with Gasteiger partial charge >= 0.3 is 0 Å². The topological polar surface area (TPSA) is 70.7 Å². The normalized spacial score (nSPS) is 14.4. The molecule has 2 N–H and O–H groups in total. The van der Waals surface area contributed by atoms with Crippen LogP contribution in [0.3, 0.4) is 0 Å². The van der Waals surface area contributed by atoms with Gasteiger partial charge in [0.1, 0.15) is 12.3 Å². The number of ether oxygens (including phenoxy) is 1. The molecule has 6 nitrogen and oxygen atoms in total. The average molecular weight is 436 g/mol. The molecule has 1 aliphatic heterocycles. The van der Waals surface area contributed by atoms with Crippen molar-refractivity contribution >= 4 is 46.2 Å². The Morgan fingerprint density at radius 3 is 2.32 bits per heavy atom. The zero-order valence-electron chi connectivity index (χ0n) is 17.2. The molecule has 0 fully saturated rings. The lowest BCUT2D eigenvalue weighted by molar-refractivity contribution is -0.133. The molecule has 0 radical (unpaired) electrons. The molecule has 7 heteroatoms. The summed E-state index contributed by atoms with van der Waals surface area (Å²) in [4.78, 5) is 27.0. The molecule has 3 aromatic carbocycles. The number of rotatable bonds is 5. The van der Waals surface area contributed by atoms with Gasteiger partial charge in [0.05, 0.1) is 5.69 Å². The van der Waals surface area contributed by atoms with E-state index in [1.54, 1.807) is 44.2 Å². The van der Waals surface area contributed by atoms with Crippen molar-refractivity contribution in [3.05, 3.63) is 77.8 Å². The second-order valence-electron chi connectivity index (χ2n) is 7.73. The van der Waals surface area contributed by atoms with Crippen LogP contribution in [0.25, 0.3) is 0 Å². The van der Waals surface area contributed by atoms with Crippen molar-refractivity contribution in [1.29, 1.82) is 0 Å². The van der Waals surface area contributed by atoms with Gasteiger partial charge in [-0.05, 0) is 68.4 Å². The fourth-order valence-electron chi connectivity index (χ4n) is 3.37. The van der Waals surface area contributed by atoms with Gasteiger partial charge in [-0.25, -0.2) is 0 Å². The smallest absolute Gasteiger partial charge is 0.271 e. The fraction of sp³-hybridized carbons (Fsp3) is 0.167. The predicted octanol–water partition coefficient (Wildman–Crippen LogP) is 5.23. The molecule has 31 heavy (non-hydrogen) atoms. The van der Waals surface area contributed by atoms with E-state index in [2.05, 4.69) is 10.6 Å². The predicted molar refractivity (Wildman–Crippen MR) is 123 cm³/mol. The number of halogens is 1. The maximum atomic E-state index is 12.9. The van der Waals surface area contributed by atoms with Crippen LogP contribution in [0.1, 0.15) is 13.8 Å². The van der Waals surface area contributed by atoms with E-state index in [1.807, 2.05) is 42.5 Å². The molecule has 0 atom stereocenters. The standard InChI is InChI=1S/C24H22ClN3O3/c1-24(2)23(30)28(20-14-16(25)8-13-21(20)31-24)15-22(29)27-19-11-9-18(10-12-19)26-17-6-4-3-5-7-17/h3-14,26H,15H2,1-2H3,(H,27,29). The summed E-state index contributed by atoms with van der Waals surface area (Å²) in [5.74, 6) is -0.112. The number of benzene rings is 3. The second kappa shape index (κ2) is 8.32. The third-order valence-electron chi connectivity index (χ3n) is 4.87. The van der Waals surface area contributed by atoms with Crippen LogP contribution >= 0.6 is 11.6 Å². The molecule has 0 bridgehead atoms. The van der Waals surface area contributed by atoms with E-state index in [4.69, 9.17) is 16.3 Å². The van der Waals surface area contributed by atoms with Gasteiger partial charge in [-0.1, -0.05) is 29.8 Å². The fourth-order valence-corrected chi connectivity index (χ4v) is 3.53. The van der Waals surface area contributed by atoms with Crippen LogP contribution in [0.15, 0.2) is 72.8 Å². The summed E-state index contributed by atoms with van der Waals surface area (Å²) in [7, 11) is 0. The van der Waals surface area contributed by atoms with Crippen LogP contribution < -0.4 is 20.3 Å². The van der Waals surface area contributed by atoms with E-state index in [9.17, 15) is 9.59 Å². The number of hydrogen-bond acceptors (Lipinski definition) is 4. The number of carbonyl (C=O) groups excluding carboxylic acids is 2. The molecule has 158 valence electrons. The van der Waals surface area contributed by atoms with E-state index in [1.165, 1.54) is 4.90 Å². The quantitative estimate of drug-likeness (QED) is 0.576. The Morgan fingerprint density at radius 2 is 1.61 bits per heavy atom. The Kier molecular flexibility index (Phi) is 5.57. The molecule has 0 saturated carbocycles. The number of fused-ring (bicyclic) bond motifs is 1. The average Bonchev–Trinajstić information content (AvgIpc) is 2.74. The van der Waals surface area contributed by atoms with Crippen molar-refractivity contribution < 1.29 is 14.3 Å². The highest BCUT2D eigenvalue weighted by Gasteiger charge is 2.41. The van der Waals surface area contributed by atoms with Crippen molar-refractivity contribution in [2.45, 2.75) is 19.4 Å². The number of anilines is 4. The van der Waals surface area contributed by atoms with E-state index < -0.39 is 5.60 Å². The SMILES string of the molecule is CC1(C)Oc2ccc(Cl)cc2N(CC(=O)Nc2ccc(Nc3ccccc3)cc2)C1=O. The maximum Gasteiger partial charge on any atom is 0.271 e. The molecule has 0 spiro atoms. The summed E-state index contributed by atoms with van der Waals surface area (Å²) in [5.41, 5.74) is 1.92. The largest absolute Gasteiger partial charge is 0.476 e. The molecular weight excluding hydrogens is 414 g/mol. The van der Waals surface area contributed by atoms with Gasteiger partial charge in [-0.15, -0.1) is 0 Å². The number of para-hydroxylation sites is 1. The zero-order valence-corrected chi connectivity index (χ0v) is 17.9. The summed E-state index contributed by atoms with van der Waals surface area (Å²) >= 11 is 6.10. The monoisotopic (exact) mass is 435 g/mol. The summed E-state index contributed by atoms with van der Waals surface area (Å²) in [6, 6.07) is 22.2. The van der Waals surface area contributed by atoms with Gasteiger partial charge in [0.15, 0.2) is 5.60 Å². The van der Waals surface area contributed by atoms with Crippen molar-refractivity contribution in [2.24, 2.45) is 0 Å².